The Morgan fingerprint density at radius 3 is 0.818 bits per heavy atom. The van der Waals surface area contributed by atoms with E-state index in [9.17, 15) is 0 Å². The molecule has 612 valence electrons. The van der Waals surface area contributed by atoms with E-state index in [-0.39, 0.29) is 0 Å². The summed E-state index contributed by atoms with van der Waals surface area (Å²) in [6, 6.07) is 156. The number of nitrogens with zero attached hydrogens (tertiary/aromatic N) is 6. The minimum atomic E-state index is 0.827. The summed E-state index contributed by atoms with van der Waals surface area (Å²) in [5, 5.41) is 29.5. The van der Waals surface area contributed by atoms with Crippen molar-refractivity contribution >= 4 is 162 Å². The fourth-order valence-electron chi connectivity index (χ4n) is 21.9. The van der Waals surface area contributed by atoms with Gasteiger partial charge < -0.3 is 14.2 Å². The van der Waals surface area contributed by atoms with Gasteiger partial charge in [0, 0.05) is 16.7 Å². The van der Waals surface area contributed by atoms with Gasteiger partial charge in [-0.3, -0.25) is 13.7 Å². The van der Waals surface area contributed by atoms with Gasteiger partial charge in [-0.2, -0.15) is 0 Å². The van der Waals surface area contributed by atoms with Gasteiger partial charge in [-0.05, 0) is 254 Å². The third kappa shape index (κ3) is 11.0. The summed E-state index contributed by atoms with van der Waals surface area (Å²) in [6.45, 7) is 0. The van der Waals surface area contributed by atoms with Gasteiger partial charge in [0.2, 0.25) is 0 Å². The minimum Gasteiger partial charge on any atom is -0.453 e. The van der Waals surface area contributed by atoms with Gasteiger partial charge in [0.15, 0.2) is 34.5 Å². The molecule has 0 atom stereocenters. The average molecular weight is 1680 g/mol. The second kappa shape index (κ2) is 28.9. The second-order valence-electron chi connectivity index (χ2n) is 34.6. The van der Waals surface area contributed by atoms with Gasteiger partial charge in [-0.1, -0.05) is 346 Å². The van der Waals surface area contributed by atoms with Crippen molar-refractivity contribution in [1.29, 1.82) is 0 Å². The number of fused-ring (bicyclic) bond motifs is 21. The highest BCUT2D eigenvalue weighted by Gasteiger charge is 2.33. The van der Waals surface area contributed by atoms with E-state index in [0.717, 1.165) is 119 Å². The maximum atomic E-state index is 6.37. The Kier molecular flexibility index (Phi) is 16.1. The van der Waals surface area contributed by atoms with Gasteiger partial charge in [0.25, 0.3) is 0 Å². The molecule has 27 aromatic rings. The SMILES string of the molecule is c1ccc2c(c1)Oc1cccc3nc(-c4c5ccccc5c(-c5cc6ccccc6c6ccccc56)c5ccccc45)n-2c13.c1ccc2c(c1)Oc1cccc3nc(-c4c5ccccc5c(-c5ccc6c(ccc7ccccc76)c5)c5ccccc45)n-2c13.c1ccc2c(c1)Oc1cccc3nc(-c4c5ccccc5c(-c5ccc6ccc7ccccc7c6c5)c5ccccc45)n-2c13. The molecule has 9 nitrogen and oxygen atoms in total. The molecule has 0 bridgehead atoms. The maximum absolute atomic E-state index is 6.37. The molecule has 0 saturated heterocycles. The molecule has 0 spiro atoms. The van der Waals surface area contributed by atoms with E-state index in [2.05, 4.69) is 378 Å². The van der Waals surface area contributed by atoms with E-state index in [1.165, 1.54) is 163 Å². The zero-order chi connectivity index (χ0) is 86.3. The highest BCUT2D eigenvalue weighted by molar-refractivity contribution is 6.28. The van der Waals surface area contributed by atoms with Crippen LogP contribution in [0.2, 0.25) is 0 Å². The zero-order valence-corrected chi connectivity index (χ0v) is 71.0. The molecule has 132 heavy (non-hydrogen) atoms. The molecule has 0 N–H and O–H groups in total. The van der Waals surface area contributed by atoms with E-state index in [1.807, 2.05) is 72.8 Å². The van der Waals surface area contributed by atoms with Crippen LogP contribution in [0.15, 0.2) is 437 Å². The van der Waals surface area contributed by atoms with Crippen LogP contribution in [0.3, 0.4) is 0 Å². The molecular formula is C123H72N6O3. The van der Waals surface area contributed by atoms with E-state index >= 15 is 0 Å². The molecule has 3 aromatic heterocycles. The molecule has 9 heteroatoms. The van der Waals surface area contributed by atoms with E-state index in [0.29, 0.717) is 0 Å². The first-order chi connectivity index (χ1) is 65.5. The summed E-state index contributed by atoms with van der Waals surface area (Å²) < 4.78 is 25.9. The van der Waals surface area contributed by atoms with Gasteiger partial charge in [-0.15, -0.1) is 0 Å². The predicted molar refractivity (Wildman–Crippen MR) is 546 cm³/mol. The van der Waals surface area contributed by atoms with Crippen molar-refractivity contribution in [2.24, 2.45) is 0 Å². The van der Waals surface area contributed by atoms with Crippen LogP contribution >= 0.6 is 0 Å². The van der Waals surface area contributed by atoms with Gasteiger partial charge in [0.1, 0.15) is 34.0 Å². The lowest BCUT2D eigenvalue weighted by Crippen LogP contribution is -2.06. The summed E-state index contributed by atoms with van der Waals surface area (Å²) >= 11 is 0. The zero-order valence-electron chi connectivity index (χ0n) is 71.0. The Morgan fingerprint density at radius 1 is 0.159 bits per heavy atom. The Morgan fingerprint density at radius 2 is 0.417 bits per heavy atom. The lowest BCUT2D eigenvalue weighted by Gasteiger charge is -2.23. The Bertz CT molecular complexity index is 9510. The maximum Gasteiger partial charge on any atom is 0.153 e. The average Bonchev–Trinajstić information content (AvgIpc) is 1.28. The molecule has 3 aliphatic heterocycles. The van der Waals surface area contributed by atoms with Crippen molar-refractivity contribution < 1.29 is 14.2 Å². The lowest BCUT2D eigenvalue weighted by atomic mass is 9.85. The monoisotopic (exact) mass is 1680 g/mol. The lowest BCUT2D eigenvalue weighted by molar-refractivity contribution is 0.475. The highest BCUT2D eigenvalue weighted by Crippen LogP contribution is 2.55. The number of hydrogen-bond acceptors (Lipinski definition) is 6. The summed E-state index contributed by atoms with van der Waals surface area (Å²) in [4.78, 5) is 16.0. The molecule has 6 heterocycles. The third-order valence-electron chi connectivity index (χ3n) is 27.5. The first-order valence-corrected chi connectivity index (χ1v) is 44.9. The van der Waals surface area contributed by atoms with Crippen LogP contribution in [0.4, 0.5) is 0 Å². The van der Waals surface area contributed by atoms with Crippen LogP contribution in [-0.4, -0.2) is 28.7 Å². The van der Waals surface area contributed by atoms with Gasteiger partial charge >= 0.3 is 0 Å². The fourth-order valence-corrected chi connectivity index (χ4v) is 21.9. The smallest absolute Gasteiger partial charge is 0.153 e. The molecule has 0 fully saturated rings. The Balaban J connectivity index is 0.0000000991. The first-order valence-electron chi connectivity index (χ1n) is 44.9. The molecule has 0 unspecified atom stereocenters. The number of rotatable bonds is 6. The van der Waals surface area contributed by atoms with Crippen LogP contribution < -0.4 is 14.2 Å². The van der Waals surface area contributed by atoms with Gasteiger partial charge in [0.05, 0.1) is 33.6 Å². The van der Waals surface area contributed by atoms with Crippen LogP contribution in [0.1, 0.15) is 0 Å². The molecule has 0 saturated carbocycles. The number of benzene rings is 24. The van der Waals surface area contributed by atoms with Gasteiger partial charge in [-0.25, -0.2) is 15.0 Å². The predicted octanol–water partition coefficient (Wildman–Crippen LogP) is 33.2. The number of aromatic nitrogens is 6. The van der Waals surface area contributed by atoms with Crippen molar-refractivity contribution in [1.82, 2.24) is 28.7 Å². The summed E-state index contributed by atoms with van der Waals surface area (Å²) in [5.74, 6) is 7.75. The van der Waals surface area contributed by atoms with Crippen molar-refractivity contribution in [2.75, 3.05) is 0 Å². The Hall–Kier alpha value is -17.8. The molecule has 0 amide bonds. The molecule has 0 aliphatic carbocycles. The quantitative estimate of drug-likeness (QED) is 0.122. The minimum absolute atomic E-state index is 0.827. The molecule has 30 rings (SSSR count). The molecule has 24 aromatic carbocycles. The number of imidazole rings is 3. The van der Waals surface area contributed by atoms with Crippen molar-refractivity contribution in [3.05, 3.63) is 437 Å². The third-order valence-corrected chi connectivity index (χ3v) is 27.5. The largest absolute Gasteiger partial charge is 0.453 e. The van der Waals surface area contributed by atoms with Crippen molar-refractivity contribution in [3.63, 3.8) is 0 Å². The van der Waals surface area contributed by atoms with E-state index in [1.54, 1.807) is 0 Å². The van der Waals surface area contributed by atoms with Crippen molar-refractivity contribution in [2.45, 2.75) is 0 Å². The van der Waals surface area contributed by atoms with Crippen LogP contribution in [-0.2, 0) is 0 Å². The normalized spacial score (nSPS) is 12.3. The summed E-state index contributed by atoms with van der Waals surface area (Å²) in [5.41, 5.74) is 19.6. The molecular weight excluding hydrogens is 1610 g/mol. The number of hydrogen-bond donors (Lipinski definition) is 0. The van der Waals surface area contributed by atoms with Crippen molar-refractivity contribution in [3.8, 4) is 119 Å². The standard InChI is InChI=1S/3C41H24N2O/c1-2-11-28-25(10-1)20-21-26-24-27(22-23-29(26)28)38-30-12-3-5-14-32(30)39(33-15-6-4-13-31(33)38)41-42-34-16-9-19-37-40(34)43(41)35-17-7-8-18-36(35)44-37;1-2-11-28-25(10-1)20-21-26-22-23-27(24-33(26)28)38-29-12-3-5-14-31(29)39(32-15-6-4-13-30(32)38)41-42-34-16-9-19-37-40(34)43(41)35-17-7-8-18-36(35)44-37;1-2-13-26-25(12-1)24-33(28-15-4-3-14-27(26)28)38-29-16-5-7-18-31(29)39(32-19-8-6-17-30(32)38)41-42-34-20-11-23-37-40(34)43(41)35-21-9-10-22-36(35)44-37/h3*1-24H. The van der Waals surface area contributed by atoms with E-state index in [4.69, 9.17) is 29.2 Å². The van der Waals surface area contributed by atoms with Crippen LogP contribution in [0.25, 0.3) is 247 Å². The first kappa shape index (κ1) is 73.4. The van der Waals surface area contributed by atoms with Crippen LogP contribution in [0.5, 0.6) is 34.5 Å². The van der Waals surface area contributed by atoms with Crippen LogP contribution in [0, 0.1) is 0 Å². The molecule has 3 aliphatic rings. The number of para-hydroxylation sites is 9. The number of ether oxygens (including phenoxy) is 3. The highest BCUT2D eigenvalue weighted by atomic mass is 16.5. The van der Waals surface area contributed by atoms with E-state index < -0.39 is 0 Å². The molecule has 0 radical (unpaired) electrons. The second-order valence-corrected chi connectivity index (χ2v) is 34.6. The topological polar surface area (TPSA) is 81.2 Å². The Labute approximate surface area is 756 Å². The summed E-state index contributed by atoms with van der Waals surface area (Å²) in [6.07, 6.45) is 0. The fraction of sp³-hybridized carbons (Fsp3) is 0. The summed E-state index contributed by atoms with van der Waals surface area (Å²) in [7, 11) is 0.